The second-order valence-electron chi connectivity index (χ2n) is 5.63. The highest BCUT2D eigenvalue weighted by Gasteiger charge is 2.31. The summed E-state index contributed by atoms with van der Waals surface area (Å²) in [6.07, 6.45) is 3.49. The minimum atomic E-state index is -0.320. The zero-order chi connectivity index (χ0) is 13.4. The first-order chi connectivity index (χ1) is 9.19. The number of fused-ring (bicyclic) bond motifs is 1. The molecule has 3 rings (SSSR count). The van der Waals surface area contributed by atoms with Crippen molar-refractivity contribution < 1.29 is 8.81 Å². The molecule has 0 aliphatic heterocycles. The van der Waals surface area contributed by atoms with E-state index in [1.165, 1.54) is 12.5 Å². The fourth-order valence-corrected chi connectivity index (χ4v) is 3.21. The van der Waals surface area contributed by atoms with E-state index in [1.54, 1.807) is 6.07 Å². The summed E-state index contributed by atoms with van der Waals surface area (Å²) in [4.78, 5) is 0. The van der Waals surface area contributed by atoms with Crippen LogP contribution in [0.2, 0.25) is 0 Å². The molecule has 19 heavy (non-hydrogen) atoms. The lowest BCUT2D eigenvalue weighted by molar-refractivity contribution is 0.316. The fourth-order valence-electron chi connectivity index (χ4n) is 3.21. The summed E-state index contributed by atoms with van der Waals surface area (Å²) in [6, 6.07) is 6.83. The van der Waals surface area contributed by atoms with E-state index in [2.05, 4.69) is 12.3 Å². The summed E-state index contributed by atoms with van der Waals surface area (Å²) in [5.74, 6) is 7.29. The van der Waals surface area contributed by atoms with Crippen molar-refractivity contribution in [2.75, 3.05) is 0 Å². The van der Waals surface area contributed by atoms with Crippen molar-refractivity contribution >= 4 is 11.0 Å². The lowest BCUT2D eigenvalue weighted by Crippen LogP contribution is -2.32. The summed E-state index contributed by atoms with van der Waals surface area (Å²) >= 11 is 0. The maximum Gasteiger partial charge on any atom is 0.169 e. The average Bonchev–Trinajstić information content (AvgIpc) is 2.98. The van der Waals surface area contributed by atoms with Crippen LogP contribution in [0.1, 0.15) is 38.0 Å². The molecule has 1 aliphatic carbocycles. The Bertz CT molecular complexity index is 581. The topological polar surface area (TPSA) is 51.2 Å². The van der Waals surface area contributed by atoms with Gasteiger partial charge in [0, 0.05) is 5.39 Å². The fraction of sp³-hybridized carbons (Fsp3) is 0.467. The smallest absolute Gasteiger partial charge is 0.169 e. The number of hydrogen-bond donors (Lipinski definition) is 2. The Morgan fingerprint density at radius 3 is 2.89 bits per heavy atom. The van der Waals surface area contributed by atoms with Gasteiger partial charge in [0.2, 0.25) is 0 Å². The molecule has 3 atom stereocenters. The monoisotopic (exact) mass is 262 g/mol. The number of rotatable bonds is 3. The van der Waals surface area contributed by atoms with Crippen LogP contribution in [0.25, 0.3) is 11.0 Å². The molecule has 0 amide bonds. The Labute approximate surface area is 111 Å². The molecular formula is C15H19FN2O. The molecule has 1 aliphatic rings. The van der Waals surface area contributed by atoms with Gasteiger partial charge in [-0.3, -0.25) is 5.84 Å². The average molecular weight is 262 g/mol. The van der Waals surface area contributed by atoms with Gasteiger partial charge in [0.1, 0.15) is 5.76 Å². The molecule has 2 aromatic rings. The van der Waals surface area contributed by atoms with Crippen LogP contribution in [-0.2, 0) is 0 Å². The maximum atomic E-state index is 13.7. The van der Waals surface area contributed by atoms with E-state index < -0.39 is 0 Å². The highest BCUT2D eigenvalue weighted by atomic mass is 19.1. The van der Waals surface area contributed by atoms with Gasteiger partial charge in [-0.05, 0) is 36.8 Å². The minimum Gasteiger partial charge on any atom is -0.456 e. The van der Waals surface area contributed by atoms with Crippen LogP contribution in [0.15, 0.2) is 28.7 Å². The molecule has 0 saturated heterocycles. The van der Waals surface area contributed by atoms with Gasteiger partial charge >= 0.3 is 0 Å². The van der Waals surface area contributed by atoms with Crippen LogP contribution in [0.4, 0.5) is 4.39 Å². The number of nitrogens with two attached hydrogens (primary N) is 1. The number of nitrogens with one attached hydrogen (secondary N) is 1. The molecule has 1 fully saturated rings. The van der Waals surface area contributed by atoms with Crippen LogP contribution in [0, 0.1) is 17.7 Å². The molecule has 1 saturated carbocycles. The van der Waals surface area contributed by atoms with Gasteiger partial charge in [-0.15, -0.1) is 0 Å². The summed E-state index contributed by atoms with van der Waals surface area (Å²) in [7, 11) is 0. The number of benzene rings is 1. The first kappa shape index (κ1) is 12.6. The lowest BCUT2D eigenvalue weighted by Gasteiger charge is -2.20. The van der Waals surface area contributed by atoms with Crippen molar-refractivity contribution in [3.8, 4) is 0 Å². The molecule has 1 aromatic carbocycles. The van der Waals surface area contributed by atoms with Gasteiger partial charge in [-0.2, -0.15) is 0 Å². The summed E-state index contributed by atoms with van der Waals surface area (Å²) < 4.78 is 19.3. The van der Waals surface area contributed by atoms with Crippen LogP contribution in [-0.4, -0.2) is 0 Å². The van der Waals surface area contributed by atoms with Crippen molar-refractivity contribution in [3.05, 3.63) is 35.8 Å². The van der Waals surface area contributed by atoms with Gasteiger partial charge in [0.25, 0.3) is 0 Å². The molecule has 3 nitrogen and oxygen atoms in total. The molecule has 0 radical (unpaired) electrons. The Balaban J connectivity index is 1.95. The van der Waals surface area contributed by atoms with Gasteiger partial charge < -0.3 is 4.42 Å². The molecule has 4 heteroatoms. The van der Waals surface area contributed by atoms with Crippen molar-refractivity contribution in [1.82, 2.24) is 5.43 Å². The zero-order valence-corrected chi connectivity index (χ0v) is 11.0. The van der Waals surface area contributed by atoms with Crippen molar-refractivity contribution in [1.29, 1.82) is 0 Å². The molecule has 1 heterocycles. The third-order valence-corrected chi connectivity index (χ3v) is 4.21. The Morgan fingerprint density at radius 1 is 1.42 bits per heavy atom. The number of hydrogen-bond acceptors (Lipinski definition) is 3. The summed E-state index contributed by atoms with van der Waals surface area (Å²) in [6.45, 7) is 2.26. The van der Waals surface area contributed by atoms with E-state index in [1.807, 2.05) is 12.1 Å². The van der Waals surface area contributed by atoms with Crippen LogP contribution < -0.4 is 11.3 Å². The molecule has 102 valence electrons. The molecule has 1 aromatic heterocycles. The number of halogens is 1. The minimum absolute atomic E-state index is 0.0308. The van der Waals surface area contributed by atoms with E-state index >= 15 is 0 Å². The van der Waals surface area contributed by atoms with Gasteiger partial charge in [-0.1, -0.05) is 25.5 Å². The largest absolute Gasteiger partial charge is 0.456 e. The highest BCUT2D eigenvalue weighted by molar-refractivity contribution is 5.78. The predicted molar refractivity (Wildman–Crippen MR) is 72.7 cm³/mol. The Hall–Kier alpha value is -1.39. The van der Waals surface area contributed by atoms with E-state index in [4.69, 9.17) is 10.3 Å². The van der Waals surface area contributed by atoms with Gasteiger partial charge in [-0.25, -0.2) is 9.82 Å². The molecule has 0 spiro atoms. The lowest BCUT2D eigenvalue weighted by atomic mass is 9.95. The number of hydrazine groups is 1. The second kappa shape index (κ2) is 4.94. The van der Waals surface area contributed by atoms with Gasteiger partial charge in [0.05, 0.1) is 6.04 Å². The predicted octanol–water partition coefficient (Wildman–Crippen LogP) is 3.51. The molecule has 0 bridgehead atoms. The van der Waals surface area contributed by atoms with E-state index in [0.717, 1.165) is 29.9 Å². The van der Waals surface area contributed by atoms with Crippen LogP contribution in [0.3, 0.4) is 0 Å². The quantitative estimate of drug-likeness (QED) is 0.657. The summed E-state index contributed by atoms with van der Waals surface area (Å²) in [5.41, 5.74) is 3.17. The first-order valence-corrected chi connectivity index (χ1v) is 6.83. The molecule has 3 unspecified atom stereocenters. The standard InChI is InChI=1S/C15H19FN2O/c1-9-5-6-10(7-9)14(18-17)13-8-11-3-2-4-12(16)15(11)19-13/h2-4,8-10,14,18H,5-7,17H2,1H3. The third kappa shape index (κ3) is 2.26. The molecule has 3 N–H and O–H groups in total. The second-order valence-corrected chi connectivity index (χ2v) is 5.63. The number of para-hydroxylation sites is 1. The van der Waals surface area contributed by atoms with Crippen molar-refractivity contribution in [2.45, 2.75) is 32.2 Å². The maximum absolute atomic E-state index is 13.7. The van der Waals surface area contributed by atoms with Crippen LogP contribution >= 0.6 is 0 Å². The van der Waals surface area contributed by atoms with Crippen LogP contribution in [0.5, 0.6) is 0 Å². The third-order valence-electron chi connectivity index (χ3n) is 4.21. The van der Waals surface area contributed by atoms with Crippen molar-refractivity contribution in [2.24, 2.45) is 17.7 Å². The normalized spacial score (nSPS) is 25.0. The highest BCUT2D eigenvalue weighted by Crippen LogP contribution is 2.40. The summed E-state index contributed by atoms with van der Waals surface area (Å²) in [5, 5.41) is 0.793. The van der Waals surface area contributed by atoms with E-state index in [9.17, 15) is 4.39 Å². The SMILES string of the molecule is CC1CCC(C(NN)c2cc3cccc(F)c3o2)C1. The van der Waals surface area contributed by atoms with Gasteiger partial charge in [0.15, 0.2) is 11.4 Å². The Kier molecular flexibility index (Phi) is 3.29. The zero-order valence-electron chi connectivity index (χ0n) is 11.0. The number of furan rings is 1. The van der Waals surface area contributed by atoms with E-state index in [-0.39, 0.29) is 11.9 Å². The van der Waals surface area contributed by atoms with Crippen molar-refractivity contribution in [3.63, 3.8) is 0 Å². The van der Waals surface area contributed by atoms with E-state index in [0.29, 0.717) is 11.5 Å². The molecular weight excluding hydrogens is 243 g/mol. The first-order valence-electron chi connectivity index (χ1n) is 6.83. The Morgan fingerprint density at radius 2 is 2.26 bits per heavy atom.